The number of hydrogen-bond donors (Lipinski definition) is 2. The lowest BCUT2D eigenvalue weighted by Crippen LogP contribution is -2.36. The second kappa shape index (κ2) is 7.59. The number of nitriles is 1. The predicted octanol–water partition coefficient (Wildman–Crippen LogP) is 4.08. The molecular formula is C25H25N4O4-. The average molecular weight is 445 g/mol. The van der Waals surface area contributed by atoms with Gasteiger partial charge in [0.2, 0.25) is 0 Å². The molecule has 0 saturated carbocycles. The third-order valence-electron chi connectivity index (χ3n) is 6.96. The van der Waals surface area contributed by atoms with Crippen LogP contribution in [-0.4, -0.2) is 47.1 Å². The van der Waals surface area contributed by atoms with E-state index in [0.717, 1.165) is 42.6 Å². The first-order chi connectivity index (χ1) is 15.7. The first kappa shape index (κ1) is 21.5. The Morgan fingerprint density at radius 3 is 2.67 bits per heavy atom. The van der Waals surface area contributed by atoms with E-state index >= 15 is 0 Å². The van der Waals surface area contributed by atoms with Gasteiger partial charge in [-0.1, -0.05) is 19.9 Å². The highest BCUT2D eigenvalue weighted by molar-refractivity contribution is 6.20. The van der Waals surface area contributed by atoms with Gasteiger partial charge in [0.25, 0.3) is 0 Å². The van der Waals surface area contributed by atoms with Gasteiger partial charge in [-0.25, -0.2) is 0 Å². The zero-order valence-corrected chi connectivity index (χ0v) is 18.8. The first-order valence-electron chi connectivity index (χ1n) is 11.0. The number of carbonyl (C=O) groups excluding carboxylic acids is 1. The fraction of sp³-hybridized carbons (Fsp3) is 0.360. The molecule has 33 heavy (non-hydrogen) atoms. The Balaban J connectivity index is 1.64. The van der Waals surface area contributed by atoms with Gasteiger partial charge in [0.05, 0.1) is 22.9 Å². The van der Waals surface area contributed by atoms with Crippen LogP contribution in [0.3, 0.4) is 0 Å². The van der Waals surface area contributed by atoms with Gasteiger partial charge >= 0.3 is 0 Å². The van der Waals surface area contributed by atoms with Crippen molar-refractivity contribution in [3.63, 3.8) is 0 Å². The highest BCUT2D eigenvalue weighted by Gasteiger charge is 2.40. The minimum absolute atomic E-state index is 0.0756. The molecule has 8 heteroatoms. The van der Waals surface area contributed by atoms with Crippen molar-refractivity contribution in [1.82, 2.24) is 9.88 Å². The number of fused-ring (bicyclic) bond motifs is 4. The molecule has 8 nitrogen and oxygen atoms in total. The predicted molar refractivity (Wildman–Crippen MR) is 124 cm³/mol. The average Bonchev–Trinajstić information content (AvgIpc) is 3.19. The molecule has 1 saturated heterocycles. The second-order valence-electron chi connectivity index (χ2n) is 9.46. The van der Waals surface area contributed by atoms with E-state index in [4.69, 9.17) is 4.74 Å². The van der Waals surface area contributed by atoms with Crippen LogP contribution >= 0.6 is 0 Å². The standard InChI is InChI=1S/C25H25N4O4/c1-25(2)18-12-21(33-15-6-8-28(3)9-7-15)20(29(31)32)11-17(18)23(30)22-16-5-4-14(13-26)10-19(16)27-24(22)25/h4-5,10-12,15,27,31H,6-9H2,1-3H3/q-1. The smallest absolute Gasteiger partial charge is 0.195 e. The van der Waals surface area contributed by atoms with Crippen LogP contribution in [0.1, 0.15) is 59.4 Å². The van der Waals surface area contributed by atoms with E-state index in [2.05, 4.69) is 23.0 Å². The maximum absolute atomic E-state index is 13.6. The summed E-state index contributed by atoms with van der Waals surface area (Å²) < 4.78 is 6.18. The Bertz CT molecular complexity index is 1310. The van der Waals surface area contributed by atoms with Crippen LogP contribution in [0.5, 0.6) is 5.75 Å². The van der Waals surface area contributed by atoms with Gasteiger partial charge in [0.15, 0.2) is 5.78 Å². The summed E-state index contributed by atoms with van der Waals surface area (Å²) in [5, 5.41) is 31.6. The summed E-state index contributed by atoms with van der Waals surface area (Å²) in [4.78, 5) is 19.2. The Hall–Kier alpha value is -3.38. The van der Waals surface area contributed by atoms with Crippen molar-refractivity contribution >= 4 is 22.4 Å². The molecule has 1 aliphatic heterocycles. The largest absolute Gasteiger partial charge is 0.733 e. The van der Waals surface area contributed by atoms with E-state index in [-0.39, 0.29) is 28.6 Å². The van der Waals surface area contributed by atoms with Crippen molar-refractivity contribution in [1.29, 1.82) is 5.26 Å². The third-order valence-corrected chi connectivity index (χ3v) is 6.96. The zero-order chi connectivity index (χ0) is 23.5. The lowest BCUT2D eigenvalue weighted by atomic mass is 9.71. The topological polar surface area (TPSA) is 116 Å². The minimum Gasteiger partial charge on any atom is -0.733 e. The molecule has 1 aromatic heterocycles. The number of ketones is 1. The van der Waals surface area contributed by atoms with Crippen LogP contribution in [0.4, 0.5) is 5.69 Å². The monoisotopic (exact) mass is 445 g/mol. The maximum Gasteiger partial charge on any atom is 0.195 e. The van der Waals surface area contributed by atoms with E-state index in [1.54, 1.807) is 24.3 Å². The molecule has 2 aromatic carbocycles. The van der Waals surface area contributed by atoms with Crippen LogP contribution in [0.15, 0.2) is 30.3 Å². The van der Waals surface area contributed by atoms with Crippen LogP contribution in [0.25, 0.3) is 10.9 Å². The molecular weight excluding hydrogens is 420 g/mol. The Morgan fingerprint density at radius 2 is 2.00 bits per heavy atom. The van der Waals surface area contributed by atoms with Gasteiger partial charge in [-0.2, -0.15) is 5.26 Å². The number of anilines is 1. The van der Waals surface area contributed by atoms with Gasteiger partial charge in [-0.15, -0.1) is 0 Å². The molecule has 2 heterocycles. The van der Waals surface area contributed by atoms with E-state index in [0.29, 0.717) is 22.2 Å². The third kappa shape index (κ3) is 3.37. The molecule has 170 valence electrons. The number of aromatic nitrogens is 1. The van der Waals surface area contributed by atoms with Gasteiger partial charge in [0.1, 0.15) is 11.9 Å². The lowest BCUT2D eigenvalue weighted by Gasteiger charge is -2.36. The number of benzene rings is 2. The number of nitrogens with one attached hydrogen (secondary N) is 1. The maximum atomic E-state index is 13.6. The summed E-state index contributed by atoms with van der Waals surface area (Å²) in [6.45, 7) is 5.78. The summed E-state index contributed by atoms with van der Waals surface area (Å²) in [5.41, 5.74) is 2.90. The molecule has 0 amide bonds. The number of aromatic amines is 1. The number of hydrogen-bond acceptors (Lipinski definition) is 7. The van der Waals surface area contributed by atoms with Crippen molar-refractivity contribution in [2.45, 2.75) is 38.2 Å². The molecule has 1 fully saturated rings. The number of ether oxygens (including phenoxy) is 1. The number of likely N-dealkylation sites (tertiary alicyclic amines) is 1. The zero-order valence-electron chi connectivity index (χ0n) is 18.8. The van der Waals surface area contributed by atoms with E-state index in [9.17, 15) is 20.5 Å². The molecule has 0 bridgehead atoms. The molecule has 0 radical (unpaired) electrons. The van der Waals surface area contributed by atoms with Crippen molar-refractivity contribution < 1.29 is 14.7 Å². The number of rotatable bonds is 3. The van der Waals surface area contributed by atoms with Crippen molar-refractivity contribution in [2.75, 3.05) is 25.4 Å². The fourth-order valence-corrected chi connectivity index (χ4v) is 5.04. The van der Waals surface area contributed by atoms with Gasteiger partial charge in [-0.3, -0.25) is 10.0 Å². The van der Waals surface area contributed by atoms with Gasteiger partial charge in [0, 0.05) is 40.7 Å². The summed E-state index contributed by atoms with van der Waals surface area (Å²) >= 11 is 0. The molecule has 2 N–H and O–H groups in total. The SMILES string of the molecule is CN1CCC(Oc2cc3c(cc2N([O-])O)C(=O)c2c([nH]c4cc(C#N)ccc24)C3(C)C)CC1. The Kier molecular flexibility index (Phi) is 4.94. The van der Waals surface area contributed by atoms with Crippen molar-refractivity contribution in [3.8, 4) is 11.8 Å². The van der Waals surface area contributed by atoms with Crippen LogP contribution < -0.4 is 9.96 Å². The van der Waals surface area contributed by atoms with Gasteiger partial charge in [-0.05, 0) is 49.7 Å². The number of carbonyl (C=O) groups is 1. The molecule has 0 spiro atoms. The summed E-state index contributed by atoms with van der Waals surface area (Å²) in [7, 11) is 2.05. The summed E-state index contributed by atoms with van der Waals surface area (Å²) in [5.74, 6) is 0.0391. The quantitative estimate of drug-likeness (QED) is 0.584. The van der Waals surface area contributed by atoms with Crippen molar-refractivity contribution in [3.05, 3.63) is 63.5 Å². The van der Waals surface area contributed by atoms with Crippen LogP contribution in [-0.2, 0) is 5.41 Å². The highest BCUT2D eigenvalue weighted by atomic mass is 16.8. The van der Waals surface area contributed by atoms with Crippen molar-refractivity contribution in [2.24, 2.45) is 0 Å². The van der Waals surface area contributed by atoms with Crippen LogP contribution in [0.2, 0.25) is 0 Å². The van der Waals surface area contributed by atoms with E-state index in [1.807, 2.05) is 13.8 Å². The highest BCUT2D eigenvalue weighted by Crippen LogP contribution is 2.47. The second-order valence-corrected chi connectivity index (χ2v) is 9.46. The Labute approximate surface area is 191 Å². The molecule has 0 atom stereocenters. The lowest BCUT2D eigenvalue weighted by molar-refractivity contribution is 0.103. The van der Waals surface area contributed by atoms with Gasteiger partial charge < -0.3 is 25.1 Å². The number of nitrogens with zero attached hydrogens (tertiary/aromatic N) is 3. The van der Waals surface area contributed by atoms with E-state index < -0.39 is 5.41 Å². The summed E-state index contributed by atoms with van der Waals surface area (Å²) in [6.07, 6.45) is 1.55. The molecule has 3 aromatic rings. The first-order valence-corrected chi connectivity index (χ1v) is 11.0. The normalized spacial score (nSPS) is 18.0. The van der Waals surface area contributed by atoms with Crippen LogP contribution in [0, 0.1) is 16.5 Å². The minimum atomic E-state index is -0.600. The molecule has 1 aliphatic carbocycles. The summed E-state index contributed by atoms with van der Waals surface area (Å²) in [6, 6.07) is 10.5. The Morgan fingerprint density at radius 1 is 1.27 bits per heavy atom. The van der Waals surface area contributed by atoms with E-state index in [1.165, 1.54) is 6.07 Å². The molecule has 5 rings (SSSR count). The number of piperidine rings is 1. The molecule has 0 unspecified atom stereocenters. The number of H-pyrrole nitrogens is 1. The fourth-order valence-electron chi connectivity index (χ4n) is 5.04. The molecule has 2 aliphatic rings.